The number of hydrogen-bond donors (Lipinski definition) is 5. The second-order valence-corrected chi connectivity index (χ2v) is 6.00. The third-order valence-electron chi connectivity index (χ3n) is 4.51. The van der Waals surface area contributed by atoms with Crippen molar-refractivity contribution in [3.63, 3.8) is 0 Å². The van der Waals surface area contributed by atoms with E-state index >= 15 is 0 Å². The van der Waals surface area contributed by atoms with E-state index in [1.165, 1.54) is 0 Å². The molecule has 8 nitrogen and oxygen atoms in total. The van der Waals surface area contributed by atoms with Crippen LogP contribution in [-0.2, 0) is 14.2 Å². The van der Waals surface area contributed by atoms with E-state index in [9.17, 15) is 25.5 Å². The minimum Gasteiger partial charge on any atom is -0.394 e. The van der Waals surface area contributed by atoms with Crippen LogP contribution >= 0.6 is 0 Å². The fraction of sp³-hybridized carbons (Fsp3) is 1.00. The molecule has 0 radical (unpaired) electrons. The highest BCUT2D eigenvalue weighted by atomic mass is 16.7. The third kappa shape index (κ3) is 3.44. The van der Waals surface area contributed by atoms with Gasteiger partial charge in [-0.1, -0.05) is 13.8 Å². The Morgan fingerprint density at radius 3 is 2.32 bits per heavy atom. The maximum atomic E-state index is 10.1. The number of rotatable bonds is 4. The topological polar surface area (TPSA) is 129 Å². The van der Waals surface area contributed by atoms with Gasteiger partial charge < -0.3 is 39.7 Å². The summed E-state index contributed by atoms with van der Waals surface area (Å²) in [6.45, 7) is 3.14. The highest BCUT2D eigenvalue weighted by Gasteiger charge is 2.47. The van der Waals surface area contributed by atoms with Gasteiger partial charge in [0.25, 0.3) is 0 Å². The van der Waals surface area contributed by atoms with Crippen LogP contribution in [0.2, 0.25) is 0 Å². The Morgan fingerprint density at radius 1 is 1.05 bits per heavy atom. The molecule has 2 rings (SSSR count). The van der Waals surface area contributed by atoms with Crippen LogP contribution in [0.4, 0.5) is 0 Å². The van der Waals surface area contributed by atoms with Crippen LogP contribution in [0.25, 0.3) is 0 Å². The summed E-state index contributed by atoms with van der Waals surface area (Å²) < 4.78 is 16.4. The maximum Gasteiger partial charge on any atom is 0.186 e. The summed E-state index contributed by atoms with van der Waals surface area (Å²) in [7, 11) is 0. The van der Waals surface area contributed by atoms with Gasteiger partial charge in [-0.15, -0.1) is 0 Å². The SMILES string of the molecule is CCC1OC(OC2C(CO)OCC(O)C2O)C(O)C(O)C1C. The van der Waals surface area contributed by atoms with Crippen molar-refractivity contribution in [2.75, 3.05) is 13.2 Å². The molecule has 0 aromatic heterocycles. The molecular formula is C14H26O8. The Kier molecular flexibility index (Phi) is 6.14. The number of ether oxygens (including phenoxy) is 3. The van der Waals surface area contributed by atoms with Gasteiger partial charge in [-0.3, -0.25) is 0 Å². The number of hydrogen-bond acceptors (Lipinski definition) is 8. The summed E-state index contributed by atoms with van der Waals surface area (Å²) in [5.41, 5.74) is 0. The van der Waals surface area contributed by atoms with E-state index in [0.717, 1.165) is 0 Å². The lowest BCUT2D eigenvalue weighted by Gasteiger charge is -2.45. The predicted molar refractivity (Wildman–Crippen MR) is 73.8 cm³/mol. The first kappa shape index (κ1) is 18.0. The van der Waals surface area contributed by atoms with E-state index in [0.29, 0.717) is 6.42 Å². The standard InChI is InChI=1S/C14H26O8/c1-3-8-6(2)10(17)12(19)14(21-8)22-13-9(4-15)20-5-7(16)11(13)18/h6-19H,3-5H2,1-2H3. The van der Waals surface area contributed by atoms with E-state index in [2.05, 4.69) is 0 Å². The predicted octanol–water partition coefficient (Wildman–Crippen LogP) is -2.02. The minimum atomic E-state index is -1.29. The van der Waals surface area contributed by atoms with Crippen molar-refractivity contribution < 1.29 is 39.7 Å². The van der Waals surface area contributed by atoms with E-state index in [1.807, 2.05) is 6.92 Å². The molecular weight excluding hydrogens is 296 g/mol. The number of aliphatic hydroxyl groups excluding tert-OH is 5. The number of aliphatic hydroxyl groups is 5. The van der Waals surface area contributed by atoms with Crippen LogP contribution in [0.3, 0.4) is 0 Å². The molecule has 8 heteroatoms. The molecule has 5 N–H and O–H groups in total. The second-order valence-electron chi connectivity index (χ2n) is 6.00. The van der Waals surface area contributed by atoms with Crippen molar-refractivity contribution in [3.8, 4) is 0 Å². The molecule has 0 amide bonds. The molecule has 0 spiro atoms. The Labute approximate surface area is 129 Å². The molecule has 9 atom stereocenters. The largest absolute Gasteiger partial charge is 0.394 e. The van der Waals surface area contributed by atoms with Gasteiger partial charge in [0.05, 0.1) is 25.4 Å². The molecule has 0 saturated carbocycles. The van der Waals surface area contributed by atoms with Crippen LogP contribution in [0.5, 0.6) is 0 Å². The van der Waals surface area contributed by atoms with Crippen LogP contribution in [0.15, 0.2) is 0 Å². The van der Waals surface area contributed by atoms with Crippen LogP contribution in [0.1, 0.15) is 20.3 Å². The maximum absolute atomic E-state index is 10.1. The smallest absolute Gasteiger partial charge is 0.186 e. The molecule has 0 aromatic carbocycles. The van der Waals surface area contributed by atoms with E-state index < -0.39 is 49.5 Å². The highest BCUT2D eigenvalue weighted by molar-refractivity contribution is 4.91. The van der Waals surface area contributed by atoms with Gasteiger partial charge in [0, 0.05) is 5.92 Å². The first-order valence-corrected chi connectivity index (χ1v) is 7.66. The van der Waals surface area contributed by atoms with Gasteiger partial charge in [-0.25, -0.2) is 0 Å². The Morgan fingerprint density at radius 2 is 1.73 bits per heavy atom. The summed E-state index contributed by atoms with van der Waals surface area (Å²) in [6, 6.07) is 0. The Balaban J connectivity index is 2.09. The van der Waals surface area contributed by atoms with Gasteiger partial charge in [0.2, 0.25) is 0 Å². The zero-order valence-corrected chi connectivity index (χ0v) is 12.8. The molecule has 2 aliphatic rings. The minimum absolute atomic E-state index is 0.114. The van der Waals surface area contributed by atoms with E-state index in [4.69, 9.17) is 14.2 Å². The lowest BCUT2D eigenvalue weighted by atomic mass is 9.89. The molecule has 2 fully saturated rings. The van der Waals surface area contributed by atoms with Crippen molar-refractivity contribution in [2.45, 2.75) is 69.3 Å². The molecule has 0 aliphatic carbocycles. The molecule has 0 aromatic rings. The van der Waals surface area contributed by atoms with Crippen molar-refractivity contribution in [2.24, 2.45) is 5.92 Å². The van der Waals surface area contributed by atoms with E-state index in [1.54, 1.807) is 6.92 Å². The van der Waals surface area contributed by atoms with Crippen molar-refractivity contribution >= 4 is 0 Å². The second kappa shape index (κ2) is 7.50. The van der Waals surface area contributed by atoms with Gasteiger partial charge >= 0.3 is 0 Å². The summed E-state index contributed by atoms with van der Waals surface area (Å²) >= 11 is 0. The first-order chi connectivity index (χ1) is 10.4. The fourth-order valence-electron chi connectivity index (χ4n) is 2.98. The summed E-state index contributed by atoms with van der Waals surface area (Å²) in [5, 5.41) is 49.2. The first-order valence-electron chi connectivity index (χ1n) is 7.66. The van der Waals surface area contributed by atoms with Crippen LogP contribution in [0, 0.1) is 5.92 Å². The summed E-state index contributed by atoms with van der Waals surface area (Å²) in [6.07, 6.45) is -7.50. The van der Waals surface area contributed by atoms with Crippen molar-refractivity contribution in [3.05, 3.63) is 0 Å². The monoisotopic (exact) mass is 322 g/mol. The Bertz CT molecular complexity index is 350. The quantitative estimate of drug-likeness (QED) is 0.401. The average molecular weight is 322 g/mol. The van der Waals surface area contributed by atoms with Gasteiger partial charge in [-0.2, -0.15) is 0 Å². The molecule has 0 bridgehead atoms. The average Bonchev–Trinajstić information content (AvgIpc) is 2.52. The van der Waals surface area contributed by atoms with Crippen molar-refractivity contribution in [1.82, 2.24) is 0 Å². The zero-order valence-electron chi connectivity index (χ0n) is 12.8. The molecule has 2 aliphatic heterocycles. The molecule has 2 heterocycles. The van der Waals surface area contributed by atoms with Gasteiger partial charge in [0.1, 0.15) is 30.5 Å². The normalized spacial score (nSPS) is 50.0. The van der Waals surface area contributed by atoms with Gasteiger partial charge in [-0.05, 0) is 6.42 Å². The lowest BCUT2D eigenvalue weighted by Crippen LogP contribution is -2.60. The molecule has 2 saturated heterocycles. The van der Waals surface area contributed by atoms with Gasteiger partial charge in [0.15, 0.2) is 6.29 Å². The van der Waals surface area contributed by atoms with E-state index in [-0.39, 0.29) is 18.6 Å². The fourth-order valence-corrected chi connectivity index (χ4v) is 2.98. The third-order valence-corrected chi connectivity index (χ3v) is 4.51. The highest BCUT2D eigenvalue weighted by Crippen LogP contribution is 2.30. The molecule has 130 valence electrons. The molecule has 9 unspecified atom stereocenters. The van der Waals surface area contributed by atoms with Crippen molar-refractivity contribution in [1.29, 1.82) is 0 Å². The van der Waals surface area contributed by atoms with Crippen LogP contribution in [-0.4, -0.2) is 87.8 Å². The Hall–Kier alpha value is -0.320. The molecule has 22 heavy (non-hydrogen) atoms. The zero-order chi connectivity index (χ0) is 16.4. The summed E-state index contributed by atoms with van der Waals surface area (Å²) in [5.74, 6) is -0.258. The summed E-state index contributed by atoms with van der Waals surface area (Å²) in [4.78, 5) is 0. The lowest BCUT2D eigenvalue weighted by molar-refractivity contribution is -0.326. The van der Waals surface area contributed by atoms with Crippen LogP contribution < -0.4 is 0 Å².